The van der Waals surface area contributed by atoms with E-state index in [4.69, 9.17) is 0 Å². The van der Waals surface area contributed by atoms with Gasteiger partial charge in [0.1, 0.15) is 0 Å². The highest BCUT2D eigenvalue weighted by molar-refractivity contribution is 7.92. The van der Waals surface area contributed by atoms with Crippen LogP contribution in [0.5, 0.6) is 0 Å². The van der Waals surface area contributed by atoms with E-state index in [-0.39, 0.29) is 0 Å². The molecule has 0 aliphatic carbocycles. The Morgan fingerprint density at radius 2 is 1.95 bits per heavy atom. The smallest absolute Gasteiger partial charge is 0.229 e. The maximum absolute atomic E-state index is 11.2. The van der Waals surface area contributed by atoms with Crippen molar-refractivity contribution in [3.8, 4) is 0 Å². The summed E-state index contributed by atoms with van der Waals surface area (Å²) in [7, 11) is -3.19. The quantitative estimate of drug-likeness (QED) is 0.729. The number of unbranched alkanes of at least 4 members (excludes halogenated alkanes) is 3. The number of hydrogen-bond donors (Lipinski definition) is 1. The van der Waals surface area contributed by atoms with E-state index in [2.05, 4.69) is 24.6 Å². The van der Waals surface area contributed by atoms with Gasteiger partial charge in [-0.1, -0.05) is 51.7 Å². The Morgan fingerprint density at radius 3 is 2.58 bits per heavy atom. The van der Waals surface area contributed by atoms with Gasteiger partial charge >= 0.3 is 0 Å². The second kappa shape index (κ2) is 7.53. The molecule has 108 valence electrons. The first kappa shape index (κ1) is 16.0. The Balaban J connectivity index is 2.60. The maximum atomic E-state index is 11.2. The van der Waals surface area contributed by atoms with Gasteiger partial charge in [0.25, 0.3) is 0 Å². The zero-order valence-corrected chi connectivity index (χ0v) is 13.0. The molecule has 0 spiro atoms. The largest absolute Gasteiger partial charge is 0.284 e. The van der Waals surface area contributed by atoms with Crippen molar-refractivity contribution >= 4 is 15.7 Å². The van der Waals surface area contributed by atoms with Gasteiger partial charge in [-0.15, -0.1) is 0 Å². The monoisotopic (exact) mass is 283 g/mol. The van der Waals surface area contributed by atoms with Crippen LogP contribution in [0.15, 0.2) is 24.3 Å². The molecule has 1 unspecified atom stereocenters. The van der Waals surface area contributed by atoms with Crippen LogP contribution in [0.2, 0.25) is 0 Å². The Morgan fingerprint density at radius 1 is 1.21 bits per heavy atom. The molecule has 0 aliphatic rings. The van der Waals surface area contributed by atoms with Crippen LogP contribution in [0.25, 0.3) is 0 Å². The number of nitrogens with one attached hydrogen (secondary N) is 1. The minimum Gasteiger partial charge on any atom is -0.284 e. The van der Waals surface area contributed by atoms with Crippen molar-refractivity contribution < 1.29 is 8.42 Å². The molecule has 0 amide bonds. The number of sulfonamides is 1. The van der Waals surface area contributed by atoms with Gasteiger partial charge < -0.3 is 0 Å². The van der Waals surface area contributed by atoms with Gasteiger partial charge in [-0.05, 0) is 30.0 Å². The summed E-state index contributed by atoms with van der Waals surface area (Å²) in [6.07, 6.45) is 7.39. The van der Waals surface area contributed by atoms with E-state index >= 15 is 0 Å². The fourth-order valence-corrected chi connectivity index (χ4v) is 2.72. The van der Waals surface area contributed by atoms with Gasteiger partial charge in [0.15, 0.2) is 0 Å². The molecule has 1 aromatic carbocycles. The molecule has 0 fully saturated rings. The molecule has 0 aliphatic heterocycles. The zero-order valence-electron chi connectivity index (χ0n) is 12.1. The van der Waals surface area contributed by atoms with E-state index in [1.165, 1.54) is 37.5 Å². The van der Waals surface area contributed by atoms with Gasteiger partial charge in [-0.3, -0.25) is 4.72 Å². The predicted molar refractivity (Wildman–Crippen MR) is 82.1 cm³/mol. The molecule has 0 aromatic heterocycles. The third-order valence-corrected chi connectivity index (χ3v) is 3.86. The van der Waals surface area contributed by atoms with Crippen LogP contribution in [0, 0.1) is 0 Å². The van der Waals surface area contributed by atoms with Crippen molar-refractivity contribution in [3.63, 3.8) is 0 Å². The summed E-state index contributed by atoms with van der Waals surface area (Å²) in [6.45, 7) is 4.41. The van der Waals surface area contributed by atoms with Crippen molar-refractivity contribution in [1.29, 1.82) is 0 Å². The highest BCUT2D eigenvalue weighted by atomic mass is 32.2. The summed E-state index contributed by atoms with van der Waals surface area (Å²) in [4.78, 5) is 0. The molecule has 3 nitrogen and oxygen atoms in total. The topological polar surface area (TPSA) is 46.2 Å². The molecule has 19 heavy (non-hydrogen) atoms. The van der Waals surface area contributed by atoms with Crippen molar-refractivity contribution in [2.45, 2.75) is 51.9 Å². The number of anilines is 1. The van der Waals surface area contributed by atoms with Crippen LogP contribution in [0.4, 0.5) is 5.69 Å². The van der Waals surface area contributed by atoms with E-state index in [0.29, 0.717) is 11.6 Å². The fraction of sp³-hybridized carbons (Fsp3) is 0.600. The summed E-state index contributed by atoms with van der Waals surface area (Å²) in [6, 6.07) is 7.70. The molecule has 1 aromatic rings. The van der Waals surface area contributed by atoms with E-state index in [0.717, 1.165) is 6.42 Å². The Kier molecular flexibility index (Phi) is 6.35. The van der Waals surface area contributed by atoms with Crippen LogP contribution in [-0.2, 0) is 10.0 Å². The average molecular weight is 283 g/mol. The van der Waals surface area contributed by atoms with E-state index in [1.54, 1.807) is 6.07 Å². The van der Waals surface area contributed by atoms with Gasteiger partial charge in [0.2, 0.25) is 10.0 Å². The summed E-state index contributed by atoms with van der Waals surface area (Å²) in [5, 5.41) is 0. The van der Waals surface area contributed by atoms with Crippen LogP contribution in [0.3, 0.4) is 0 Å². The van der Waals surface area contributed by atoms with E-state index in [9.17, 15) is 8.42 Å². The normalized spacial score (nSPS) is 13.2. The molecular weight excluding hydrogens is 258 g/mol. The third-order valence-electron chi connectivity index (χ3n) is 3.25. The SMILES string of the molecule is CCCCCCC(C)c1cccc(NS(C)(=O)=O)c1. The van der Waals surface area contributed by atoms with Crippen molar-refractivity contribution in [1.82, 2.24) is 0 Å². The second-order valence-electron chi connectivity index (χ2n) is 5.25. The van der Waals surface area contributed by atoms with Crippen LogP contribution < -0.4 is 4.72 Å². The summed E-state index contributed by atoms with van der Waals surface area (Å²) >= 11 is 0. The third kappa shape index (κ3) is 6.62. The van der Waals surface area contributed by atoms with Gasteiger partial charge in [0, 0.05) is 5.69 Å². The van der Waals surface area contributed by atoms with Crippen molar-refractivity contribution in [2.24, 2.45) is 0 Å². The Labute approximate surface area is 117 Å². The standard InChI is InChI=1S/C15H25NO2S/c1-4-5-6-7-9-13(2)14-10-8-11-15(12-14)16-19(3,17)18/h8,10-13,16H,4-7,9H2,1-3H3. The van der Waals surface area contributed by atoms with Crippen LogP contribution in [-0.4, -0.2) is 14.7 Å². The molecule has 0 radical (unpaired) electrons. The lowest BCUT2D eigenvalue weighted by Gasteiger charge is -2.13. The lowest BCUT2D eigenvalue weighted by Crippen LogP contribution is -2.09. The van der Waals surface area contributed by atoms with Gasteiger partial charge in [-0.2, -0.15) is 0 Å². The highest BCUT2D eigenvalue weighted by Gasteiger charge is 2.07. The molecule has 4 heteroatoms. The van der Waals surface area contributed by atoms with Crippen molar-refractivity contribution in [2.75, 3.05) is 11.0 Å². The van der Waals surface area contributed by atoms with Gasteiger partial charge in [-0.25, -0.2) is 8.42 Å². The molecule has 1 atom stereocenters. The second-order valence-corrected chi connectivity index (χ2v) is 7.00. The summed E-state index contributed by atoms with van der Waals surface area (Å²) < 4.78 is 25.0. The lowest BCUT2D eigenvalue weighted by molar-refractivity contribution is 0.580. The molecule has 1 rings (SSSR count). The Hall–Kier alpha value is -1.03. The molecule has 1 N–H and O–H groups in total. The number of rotatable bonds is 8. The zero-order chi connectivity index (χ0) is 14.3. The Bertz CT molecular complexity index is 483. The maximum Gasteiger partial charge on any atom is 0.229 e. The first-order valence-corrected chi connectivity index (χ1v) is 8.89. The van der Waals surface area contributed by atoms with Crippen LogP contribution in [0.1, 0.15) is 57.4 Å². The number of hydrogen-bond acceptors (Lipinski definition) is 2. The molecule has 0 saturated heterocycles. The lowest BCUT2D eigenvalue weighted by atomic mass is 9.94. The number of benzene rings is 1. The predicted octanol–water partition coefficient (Wildman–Crippen LogP) is 4.13. The summed E-state index contributed by atoms with van der Waals surface area (Å²) in [5.74, 6) is 0.471. The first-order valence-electron chi connectivity index (χ1n) is 7.00. The summed E-state index contributed by atoms with van der Waals surface area (Å²) in [5.41, 5.74) is 1.85. The van der Waals surface area contributed by atoms with Crippen LogP contribution >= 0.6 is 0 Å². The minimum atomic E-state index is -3.19. The first-order chi connectivity index (χ1) is 8.92. The molecular formula is C15H25NO2S. The molecule has 0 heterocycles. The highest BCUT2D eigenvalue weighted by Crippen LogP contribution is 2.24. The van der Waals surface area contributed by atoms with E-state index in [1.807, 2.05) is 12.1 Å². The van der Waals surface area contributed by atoms with E-state index < -0.39 is 10.0 Å². The van der Waals surface area contributed by atoms with Gasteiger partial charge in [0.05, 0.1) is 6.26 Å². The van der Waals surface area contributed by atoms with Crippen molar-refractivity contribution in [3.05, 3.63) is 29.8 Å². The molecule has 0 bridgehead atoms. The fourth-order valence-electron chi connectivity index (χ4n) is 2.17. The molecule has 0 saturated carbocycles. The minimum absolute atomic E-state index is 0.471. The average Bonchev–Trinajstić information content (AvgIpc) is 2.32.